The van der Waals surface area contributed by atoms with Gasteiger partial charge in [-0.25, -0.2) is 0 Å². The van der Waals surface area contributed by atoms with Crippen molar-refractivity contribution >= 4 is 16.9 Å². The third-order valence-electron chi connectivity index (χ3n) is 3.45. The van der Waals surface area contributed by atoms with Crippen molar-refractivity contribution in [2.75, 3.05) is 24.3 Å². The quantitative estimate of drug-likeness (QED) is 0.768. The molecule has 0 spiro atoms. The Balaban J connectivity index is 0.00000102. The maximum Gasteiger partial charge on any atom is 0.129 e. The van der Waals surface area contributed by atoms with Gasteiger partial charge in [0.15, 0.2) is 0 Å². The van der Waals surface area contributed by atoms with Gasteiger partial charge in [0.05, 0.1) is 0 Å². The smallest absolute Gasteiger partial charge is 0.129 e. The van der Waals surface area contributed by atoms with Crippen LogP contribution in [-0.4, -0.2) is 19.9 Å². The van der Waals surface area contributed by atoms with Gasteiger partial charge in [-0.2, -0.15) is 0 Å². The molecule has 0 radical (unpaired) electrons. The van der Waals surface area contributed by atoms with Gasteiger partial charge in [0.25, 0.3) is 0 Å². The maximum atomic E-state index is 5.85. The van der Waals surface area contributed by atoms with Crippen molar-refractivity contribution in [1.29, 1.82) is 0 Å². The minimum atomic E-state index is 0.167. The highest BCUT2D eigenvalue weighted by atomic mass is 16.5. The first-order valence-electron chi connectivity index (χ1n) is 8.49. The first-order valence-corrected chi connectivity index (χ1v) is 8.49. The second-order valence-electron chi connectivity index (χ2n) is 4.99. The Hall–Kier alpha value is -1.48. The molecule has 1 saturated heterocycles. The second kappa shape index (κ2) is 11.1. The zero-order chi connectivity index (χ0) is 17.1. The molecule has 1 aliphatic rings. The normalized spacial score (nSPS) is 16.5. The van der Waals surface area contributed by atoms with E-state index < -0.39 is 0 Å². The van der Waals surface area contributed by atoms with Gasteiger partial charge in [-0.05, 0) is 50.0 Å². The predicted molar refractivity (Wildman–Crippen MR) is 100 cm³/mol. The minimum absolute atomic E-state index is 0.167. The van der Waals surface area contributed by atoms with Crippen molar-refractivity contribution in [3.05, 3.63) is 30.3 Å². The molecule has 3 heteroatoms. The molecule has 2 N–H and O–H groups in total. The monoisotopic (exact) mass is 306 g/mol. The van der Waals surface area contributed by atoms with Gasteiger partial charge >= 0.3 is 0 Å². The summed E-state index contributed by atoms with van der Waals surface area (Å²) in [6.07, 6.45) is 3.64. The van der Waals surface area contributed by atoms with Crippen LogP contribution in [0.4, 0.5) is 11.4 Å². The average Bonchev–Trinajstić information content (AvgIpc) is 2.58. The lowest BCUT2D eigenvalue weighted by molar-refractivity contribution is 0.0174. The summed E-state index contributed by atoms with van der Waals surface area (Å²) in [5, 5.41) is 0. The van der Waals surface area contributed by atoms with E-state index in [4.69, 9.17) is 10.5 Å². The molecule has 0 saturated carbocycles. The molecule has 0 amide bonds. The van der Waals surface area contributed by atoms with Crippen molar-refractivity contribution in [2.45, 2.75) is 60.1 Å². The minimum Gasteiger partial charge on any atom is -0.399 e. The van der Waals surface area contributed by atoms with Crippen LogP contribution in [0.25, 0.3) is 5.57 Å². The summed E-state index contributed by atoms with van der Waals surface area (Å²) in [6.45, 7) is 14.9. The van der Waals surface area contributed by atoms with E-state index in [1.807, 2.05) is 46.8 Å². The summed E-state index contributed by atoms with van der Waals surface area (Å²) < 4.78 is 5.82. The molecule has 1 fully saturated rings. The van der Waals surface area contributed by atoms with Crippen LogP contribution in [-0.2, 0) is 4.74 Å². The molecule has 1 heterocycles. The second-order valence-corrected chi connectivity index (χ2v) is 4.99. The van der Waals surface area contributed by atoms with Gasteiger partial charge in [0.1, 0.15) is 6.23 Å². The number of rotatable bonds is 3. The van der Waals surface area contributed by atoms with Crippen molar-refractivity contribution < 1.29 is 4.74 Å². The number of anilines is 2. The summed E-state index contributed by atoms with van der Waals surface area (Å²) in [5.41, 5.74) is 9.90. The molecule has 1 unspecified atom stereocenters. The van der Waals surface area contributed by atoms with E-state index in [9.17, 15) is 0 Å². The van der Waals surface area contributed by atoms with Crippen molar-refractivity contribution in [1.82, 2.24) is 0 Å². The van der Waals surface area contributed by atoms with Crippen LogP contribution in [0.5, 0.6) is 0 Å². The summed E-state index contributed by atoms with van der Waals surface area (Å²) in [4.78, 5) is 2.20. The first kappa shape index (κ1) is 20.5. The van der Waals surface area contributed by atoms with E-state index in [1.165, 1.54) is 12.8 Å². The Kier molecular flexibility index (Phi) is 10.4. The summed E-state index contributed by atoms with van der Waals surface area (Å²) >= 11 is 0. The summed E-state index contributed by atoms with van der Waals surface area (Å²) in [7, 11) is 2.08. The third-order valence-corrected chi connectivity index (χ3v) is 3.45. The molecule has 0 aromatic heterocycles. The number of hydrogen-bond acceptors (Lipinski definition) is 3. The Morgan fingerprint density at radius 3 is 2.36 bits per heavy atom. The fraction of sp³-hybridized carbons (Fsp3) is 0.579. The van der Waals surface area contributed by atoms with E-state index in [-0.39, 0.29) is 6.23 Å². The molecule has 3 nitrogen and oxygen atoms in total. The van der Waals surface area contributed by atoms with Crippen molar-refractivity contribution in [3.63, 3.8) is 0 Å². The summed E-state index contributed by atoms with van der Waals surface area (Å²) in [6, 6.07) is 5.97. The number of nitrogen functional groups attached to an aromatic ring is 1. The Labute approximate surface area is 137 Å². The topological polar surface area (TPSA) is 38.5 Å². The molecule has 1 aromatic carbocycles. The fourth-order valence-electron chi connectivity index (χ4n) is 2.39. The number of ether oxygens (including phenoxy) is 1. The van der Waals surface area contributed by atoms with Crippen LogP contribution in [0.2, 0.25) is 0 Å². The van der Waals surface area contributed by atoms with Crippen LogP contribution in [0.1, 0.15) is 59.4 Å². The van der Waals surface area contributed by atoms with E-state index in [2.05, 4.69) is 24.6 Å². The van der Waals surface area contributed by atoms with Crippen molar-refractivity contribution in [3.8, 4) is 0 Å². The molecule has 0 aliphatic carbocycles. The van der Waals surface area contributed by atoms with Crippen molar-refractivity contribution in [2.24, 2.45) is 0 Å². The zero-order valence-corrected chi connectivity index (χ0v) is 15.3. The van der Waals surface area contributed by atoms with E-state index in [1.54, 1.807) is 0 Å². The van der Waals surface area contributed by atoms with Crippen LogP contribution >= 0.6 is 0 Å². The number of benzene rings is 1. The highest BCUT2D eigenvalue weighted by Gasteiger charge is 2.20. The van der Waals surface area contributed by atoms with Crippen LogP contribution in [0.3, 0.4) is 0 Å². The lowest BCUT2D eigenvalue weighted by Gasteiger charge is -2.34. The van der Waals surface area contributed by atoms with E-state index in [0.717, 1.165) is 35.5 Å². The largest absolute Gasteiger partial charge is 0.399 e. The SMILES string of the molecule is C=C(C)c1cc(N)ccc1N(C)C1CCCCO1.CC.CC. The Morgan fingerprint density at radius 1 is 1.23 bits per heavy atom. The molecule has 22 heavy (non-hydrogen) atoms. The summed E-state index contributed by atoms with van der Waals surface area (Å²) in [5.74, 6) is 0. The van der Waals surface area contributed by atoms with Gasteiger partial charge in [0, 0.05) is 30.6 Å². The molecule has 0 bridgehead atoms. The third kappa shape index (κ3) is 5.72. The average molecular weight is 306 g/mol. The van der Waals surface area contributed by atoms with Gasteiger partial charge in [-0.1, -0.05) is 34.3 Å². The molecular formula is C19H34N2O. The lowest BCUT2D eigenvalue weighted by Crippen LogP contribution is -2.37. The zero-order valence-electron chi connectivity index (χ0n) is 15.3. The first-order chi connectivity index (χ1) is 10.6. The molecule has 1 aliphatic heterocycles. The fourth-order valence-corrected chi connectivity index (χ4v) is 2.39. The molecule has 1 aromatic rings. The molecular weight excluding hydrogens is 272 g/mol. The maximum absolute atomic E-state index is 5.85. The van der Waals surface area contributed by atoms with E-state index in [0.29, 0.717) is 0 Å². The van der Waals surface area contributed by atoms with Crippen LogP contribution in [0, 0.1) is 0 Å². The van der Waals surface area contributed by atoms with Gasteiger partial charge in [-0.3, -0.25) is 0 Å². The molecule has 1 atom stereocenters. The standard InChI is InChI=1S/C15H22N2O.2C2H6/c1-11(2)13-10-12(16)7-8-14(13)17(3)15-6-4-5-9-18-15;2*1-2/h7-8,10,15H,1,4-6,9,16H2,2-3H3;2*1-2H3. The highest BCUT2D eigenvalue weighted by molar-refractivity contribution is 5.77. The molecule has 126 valence electrons. The number of hydrogen-bond donors (Lipinski definition) is 1. The predicted octanol–water partition coefficient (Wildman–Crippen LogP) is 5.32. The van der Waals surface area contributed by atoms with Crippen LogP contribution < -0.4 is 10.6 Å². The van der Waals surface area contributed by atoms with Crippen LogP contribution in [0.15, 0.2) is 24.8 Å². The van der Waals surface area contributed by atoms with E-state index >= 15 is 0 Å². The Morgan fingerprint density at radius 2 is 1.86 bits per heavy atom. The highest BCUT2D eigenvalue weighted by Crippen LogP contribution is 2.30. The Bertz CT molecular complexity index is 437. The molecule has 2 rings (SSSR count). The number of nitrogens with two attached hydrogens (primary N) is 1. The number of nitrogens with zero attached hydrogens (tertiary/aromatic N) is 1. The van der Waals surface area contributed by atoms with Gasteiger partial charge in [0.2, 0.25) is 0 Å². The lowest BCUT2D eigenvalue weighted by atomic mass is 10.0. The van der Waals surface area contributed by atoms with Gasteiger partial charge in [-0.15, -0.1) is 0 Å². The van der Waals surface area contributed by atoms with Gasteiger partial charge < -0.3 is 15.4 Å². The number of allylic oxidation sites excluding steroid dienone is 1.